The van der Waals surface area contributed by atoms with Gasteiger partial charge in [0, 0.05) is 30.5 Å². The van der Waals surface area contributed by atoms with E-state index in [0.717, 1.165) is 24.5 Å². The highest BCUT2D eigenvalue weighted by atomic mass is 35.5. The molecule has 0 atom stereocenters. The number of anilines is 4. The van der Waals surface area contributed by atoms with Gasteiger partial charge in [0.15, 0.2) is 5.82 Å². The van der Waals surface area contributed by atoms with Gasteiger partial charge in [0.05, 0.1) is 22.5 Å². The summed E-state index contributed by atoms with van der Waals surface area (Å²) in [5, 5.41) is 14.8. The predicted molar refractivity (Wildman–Crippen MR) is 113 cm³/mol. The van der Waals surface area contributed by atoms with Crippen molar-refractivity contribution in [2.24, 2.45) is 0 Å². The van der Waals surface area contributed by atoms with Crippen LogP contribution in [0.2, 0.25) is 5.02 Å². The van der Waals surface area contributed by atoms with Gasteiger partial charge in [0.1, 0.15) is 0 Å². The first kappa shape index (κ1) is 18.3. The summed E-state index contributed by atoms with van der Waals surface area (Å²) < 4.78 is 0. The normalized spacial score (nSPS) is 13.4. The molecule has 142 valence electrons. The van der Waals surface area contributed by atoms with Crippen LogP contribution in [0.3, 0.4) is 0 Å². The van der Waals surface area contributed by atoms with Gasteiger partial charge in [-0.25, -0.2) is 0 Å². The minimum Gasteiger partial charge on any atom is -0.370 e. The summed E-state index contributed by atoms with van der Waals surface area (Å²) in [6.07, 6.45) is 4.22. The van der Waals surface area contributed by atoms with Crippen molar-refractivity contribution < 1.29 is 4.79 Å². The summed E-state index contributed by atoms with van der Waals surface area (Å²) in [7, 11) is 0. The Bertz CT molecular complexity index is 971. The van der Waals surface area contributed by atoms with E-state index in [1.165, 1.54) is 12.8 Å². The van der Waals surface area contributed by atoms with Crippen molar-refractivity contribution >= 4 is 40.4 Å². The number of hydrogen-bond donors (Lipinski definition) is 2. The smallest absolute Gasteiger partial charge is 0.257 e. The van der Waals surface area contributed by atoms with Gasteiger partial charge in [0.25, 0.3) is 5.91 Å². The van der Waals surface area contributed by atoms with Gasteiger partial charge >= 0.3 is 0 Å². The lowest BCUT2D eigenvalue weighted by Crippen LogP contribution is -2.18. The minimum atomic E-state index is -0.240. The summed E-state index contributed by atoms with van der Waals surface area (Å²) in [5.41, 5.74) is 3.08. The lowest BCUT2D eigenvalue weighted by Gasteiger charge is -2.17. The second-order valence-corrected chi connectivity index (χ2v) is 7.04. The second-order valence-electron chi connectivity index (χ2n) is 6.63. The predicted octanol–water partition coefficient (Wildman–Crippen LogP) is 4.73. The average molecular weight is 394 g/mol. The van der Waals surface area contributed by atoms with E-state index >= 15 is 0 Å². The number of nitrogens with zero attached hydrogens (tertiary/aromatic N) is 3. The Hall–Kier alpha value is -3.12. The van der Waals surface area contributed by atoms with Gasteiger partial charge < -0.3 is 15.5 Å². The molecule has 4 rings (SSSR count). The SMILES string of the molecule is O=C(Nc1ccc(Nc2cc(N3CCCC3)cnn2)cc1)c1ccccc1Cl. The molecule has 2 aromatic carbocycles. The first-order valence-corrected chi connectivity index (χ1v) is 9.57. The molecule has 0 radical (unpaired) electrons. The van der Waals surface area contributed by atoms with E-state index in [2.05, 4.69) is 25.7 Å². The summed E-state index contributed by atoms with van der Waals surface area (Å²) in [6.45, 7) is 2.12. The van der Waals surface area contributed by atoms with E-state index in [-0.39, 0.29) is 5.91 Å². The molecule has 0 bridgehead atoms. The monoisotopic (exact) mass is 393 g/mol. The fourth-order valence-corrected chi connectivity index (χ4v) is 3.42. The molecule has 1 aliphatic rings. The van der Waals surface area contributed by atoms with Crippen LogP contribution in [0.4, 0.5) is 22.9 Å². The first-order valence-electron chi connectivity index (χ1n) is 9.20. The Kier molecular flexibility index (Phi) is 5.39. The molecule has 0 aliphatic carbocycles. The van der Waals surface area contributed by atoms with Crippen LogP contribution >= 0.6 is 11.6 Å². The number of nitrogens with one attached hydrogen (secondary N) is 2. The van der Waals surface area contributed by atoms with Crippen LogP contribution in [0.1, 0.15) is 23.2 Å². The van der Waals surface area contributed by atoms with Gasteiger partial charge in [-0.2, -0.15) is 5.10 Å². The topological polar surface area (TPSA) is 70.2 Å². The molecule has 1 fully saturated rings. The molecule has 28 heavy (non-hydrogen) atoms. The molecule has 0 unspecified atom stereocenters. The molecule has 7 heteroatoms. The summed E-state index contributed by atoms with van der Waals surface area (Å²) >= 11 is 6.07. The number of hydrogen-bond acceptors (Lipinski definition) is 5. The van der Waals surface area contributed by atoms with Crippen LogP contribution in [0.25, 0.3) is 0 Å². The molecule has 1 saturated heterocycles. The van der Waals surface area contributed by atoms with Gasteiger partial charge in [-0.05, 0) is 49.2 Å². The number of aromatic nitrogens is 2. The van der Waals surface area contributed by atoms with Crippen LogP contribution in [-0.2, 0) is 0 Å². The number of benzene rings is 2. The van der Waals surface area contributed by atoms with Gasteiger partial charge in [0.2, 0.25) is 0 Å². The van der Waals surface area contributed by atoms with Crippen LogP contribution in [0.15, 0.2) is 60.8 Å². The van der Waals surface area contributed by atoms with Gasteiger partial charge in [-0.3, -0.25) is 4.79 Å². The summed E-state index contributed by atoms with van der Waals surface area (Å²) in [5.74, 6) is 0.452. The maximum atomic E-state index is 12.3. The molecular weight excluding hydrogens is 374 g/mol. The third kappa shape index (κ3) is 4.23. The highest BCUT2D eigenvalue weighted by Crippen LogP contribution is 2.24. The number of amides is 1. The van der Waals surface area contributed by atoms with Crippen LogP contribution in [0, 0.1) is 0 Å². The fourth-order valence-electron chi connectivity index (χ4n) is 3.19. The lowest BCUT2D eigenvalue weighted by atomic mass is 10.2. The summed E-state index contributed by atoms with van der Waals surface area (Å²) in [4.78, 5) is 14.7. The molecule has 0 spiro atoms. The fraction of sp³-hybridized carbons (Fsp3) is 0.190. The first-order chi connectivity index (χ1) is 13.7. The molecule has 0 saturated carbocycles. The highest BCUT2D eigenvalue weighted by molar-refractivity contribution is 6.34. The van der Waals surface area contributed by atoms with E-state index in [0.29, 0.717) is 22.1 Å². The summed E-state index contributed by atoms with van der Waals surface area (Å²) in [6, 6.07) is 16.4. The lowest BCUT2D eigenvalue weighted by molar-refractivity contribution is 0.102. The number of halogens is 1. The van der Waals surface area contributed by atoms with Crippen LogP contribution in [-0.4, -0.2) is 29.2 Å². The van der Waals surface area contributed by atoms with E-state index in [1.54, 1.807) is 30.5 Å². The number of carbonyl (C=O) groups is 1. The molecule has 1 amide bonds. The Morgan fingerprint density at radius 1 is 1.00 bits per heavy atom. The zero-order chi connectivity index (χ0) is 19.3. The van der Waals surface area contributed by atoms with Crippen molar-refractivity contribution in [2.45, 2.75) is 12.8 Å². The van der Waals surface area contributed by atoms with Gasteiger partial charge in [-0.1, -0.05) is 23.7 Å². The van der Waals surface area contributed by atoms with Crippen molar-refractivity contribution in [2.75, 3.05) is 28.6 Å². The zero-order valence-corrected chi connectivity index (χ0v) is 16.0. The average Bonchev–Trinajstić information content (AvgIpc) is 3.25. The number of rotatable bonds is 5. The van der Waals surface area contributed by atoms with Crippen LogP contribution in [0.5, 0.6) is 0 Å². The highest BCUT2D eigenvalue weighted by Gasteiger charge is 2.13. The Balaban J connectivity index is 1.42. The number of carbonyl (C=O) groups excluding carboxylic acids is 1. The maximum absolute atomic E-state index is 12.3. The molecular formula is C21H20ClN5O. The van der Waals surface area contributed by atoms with Crippen molar-refractivity contribution in [3.05, 3.63) is 71.4 Å². The van der Waals surface area contributed by atoms with Crippen LogP contribution < -0.4 is 15.5 Å². The second kappa shape index (κ2) is 8.27. The van der Waals surface area contributed by atoms with Crippen molar-refractivity contribution in [1.82, 2.24) is 10.2 Å². The van der Waals surface area contributed by atoms with E-state index in [4.69, 9.17) is 11.6 Å². The van der Waals surface area contributed by atoms with Crippen molar-refractivity contribution in [3.8, 4) is 0 Å². The Labute approximate surface area is 168 Å². The van der Waals surface area contributed by atoms with Crippen molar-refractivity contribution in [3.63, 3.8) is 0 Å². The molecule has 6 nitrogen and oxygen atoms in total. The third-order valence-electron chi connectivity index (χ3n) is 4.64. The zero-order valence-electron chi connectivity index (χ0n) is 15.2. The Morgan fingerprint density at radius 3 is 2.46 bits per heavy atom. The molecule has 2 heterocycles. The minimum absolute atomic E-state index is 0.240. The standard InChI is InChI=1S/C21H20ClN5O/c22-19-6-2-1-5-18(19)21(28)25-16-9-7-15(8-10-16)24-20-13-17(14-23-26-20)27-11-3-4-12-27/h1-2,5-10,13-14H,3-4,11-12H2,(H,24,26)(H,25,28). The largest absolute Gasteiger partial charge is 0.370 e. The maximum Gasteiger partial charge on any atom is 0.257 e. The van der Waals surface area contributed by atoms with Gasteiger partial charge in [-0.15, -0.1) is 5.10 Å². The Morgan fingerprint density at radius 2 is 1.71 bits per heavy atom. The van der Waals surface area contributed by atoms with E-state index < -0.39 is 0 Å². The molecule has 1 aliphatic heterocycles. The third-order valence-corrected chi connectivity index (χ3v) is 4.97. The molecule has 2 N–H and O–H groups in total. The van der Waals surface area contributed by atoms with E-state index in [1.807, 2.05) is 30.3 Å². The van der Waals surface area contributed by atoms with E-state index in [9.17, 15) is 4.79 Å². The molecule has 1 aromatic heterocycles. The van der Waals surface area contributed by atoms with Crippen molar-refractivity contribution in [1.29, 1.82) is 0 Å². The molecule has 3 aromatic rings. The quantitative estimate of drug-likeness (QED) is 0.656.